The average molecular weight is 323 g/mol. The molecule has 0 saturated carbocycles. The van der Waals surface area contributed by atoms with Crippen LogP contribution in [0.15, 0.2) is 42.5 Å². The van der Waals surface area contributed by atoms with Gasteiger partial charge in [-0.3, -0.25) is 4.79 Å². The van der Waals surface area contributed by atoms with E-state index in [1.807, 2.05) is 18.2 Å². The van der Waals surface area contributed by atoms with E-state index in [2.05, 4.69) is 10.6 Å². The molecule has 1 amide bonds. The summed E-state index contributed by atoms with van der Waals surface area (Å²) >= 11 is 5.89. The fraction of sp³-hybridized carbons (Fsp3) is 0.188. The molecule has 22 heavy (non-hydrogen) atoms. The highest BCUT2D eigenvalue weighted by atomic mass is 35.5. The highest BCUT2D eigenvalue weighted by Gasteiger charge is 2.14. The molecule has 1 atom stereocenters. The van der Waals surface area contributed by atoms with E-state index in [9.17, 15) is 9.18 Å². The predicted molar refractivity (Wildman–Crippen MR) is 86.1 cm³/mol. The van der Waals surface area contributed by atoms with Crippen LogP contribution in [0.5, 0.6) is 5.75 Å². The van der Waals surface area contributed by atoms with Crippen molar-refractivity contribution in [3.63, 3.8) is 0 Å². The highest BCUT2D eigenvalue weighted by Crippen LogP contribution is 2.23. The van der Waals surface area contributed by atoms with Crippen LogP contribution in [-0.2, 0) is 4.79 Å². The molecular weight excluding hydrogens is 307 g/mol. The molecule has 0 fully saturated rings. The van der Waals surface area contributed by atoms with Gasteiger partial charge in [0.05, 0.1) is 17.8 Å². The summed E-state index contributed by atoms with van der Waals surface area (Å²) in [7, 11) is 1.58. The first kappa shape index (κ1) is 16.1. The van der Waals surface area contributed by atoms with Gasteiger partial charge in [-0.15, -0.1) is 0 Å². The van der Waals surface area contributed by atoms with Crippen LogP contribution in [0, 0.1) is 5.82 Å². The molecule has 0 heterocycles. The zero-order valence-electron chi connectivity index (χ0n) is 12.2. The standard InChI is InChI=1S/C16H16ClFN2O2/c1-10(19-12-4-3-5-13(9-12)22-2)16(21)20-15-7-6-11(18)8-14(15)17/h3-10,19H,1-2H3,(H,20,21)/t10-/m0/s1. The van der Waals surface area contributed by atoms with E-state index in [1.165, 1.54) is 12.1 Å². The van der Waals surface area contributed by atoms with E-state index in [4.69, 9.17) is 16.3 Å². The van der Waals surface area contributed by atoms with E-state index in [0.29, 0.717) is 11.4 Å². The summed E-state index contributed by atoms with van der Waals surface area (Å²) in [5.74, 6) is -0.0407. The maximum atomic E-state index is 13.0. The van der Waals surface area contributed by atoms with E-state index in [-0.39, 0.29) is 10.9 Å². The van der Waals surface area contributed by atoms with Crippen LogP contribution in [0.25, 0.3) is 0 Å². The van der Waals surface area contributed by atoms with Gasteiger partial charge in [-0.1, -0.05) is 17.7 Å². The average Bonchev–Trinajstić information content (AvgIpc) is 2.50. The van der Waals surface area contributed by atoms with Crippen molar-refractivity contribution in [3.05, 3.63) is 53.3 Å². The van der Waals surface area contributed by atoms with Gasteiger partial charge in [-0.2, -0.15) is 0 Å². The number of carbonyl (C=O) groups excluding carboxylic acids is 1. The Balaban J connectivity index is 2.02. The van der Waals surface area contributed by atoms with Crippen LogP contribution in [0.1, 0.15) is 6.92 Å². The number of ether oxygens (including phenoxy) is 1. The number of hydrogen-bond acceptors (Lipinski definition) is 3. The molecule has 4 nitrogen and oxygen atoms in total. The first-order chi connectivity index (χ1) is 10.5. The van der Waals surface area contributed by atoms with Crippen LogP contribution in [0.3, 0.4) is 0 Å². The monoisotopic (exact) mass is 322 g/mol. The van der Waals surface area contributed by atoms with Gasteiger partial charge in [0.25, 0.3) is 0 Å². The molecular formula is C16H16ClFN2O2. The number of methoxy groups -OCH3 is 1. The second-order valence-electron chi connectivity index (χ2n) is 4.71. The van der Waals surface area contributed by atoms with Crippen molar-refractivity contribution >= 4 is 28.9 Å². The molecule has 0 aliphatic carbocycles. The van der Waals surface area contributed by atoms with Crippen molar-refractivity contribution in [2.45, 2.75) is 13.0 Å². The van der Waals surface area contributed by atoms with E-state index < -0.39 is 11.9 Å². The molecule has 0 aliphatic rings. The number of amides is 1. The summed E-state index contributed by atoms with van der Waals surface area (Å²) in [5.41, 5.74) is 1.12. The zero-order valence-corrected chi connectivity index (χ0v) is 12.9. The second-order valence-corrected chi connectivity index (χ2v) is 5.12. The Kier molecular flexibility index (Phi) is 5.22. The predicted octanol–water partition coefficient (Wildman–Crippen LogP) is 3.93. The topological polar surface area (TPSA) is 50.4 Å². The summed E-state index contributed by atoms with van der Waals surface area (Å²) in [5, 5.41) is 5.87. The van der Waals surface area contributed by atoms with Crippen molar-refractivity contribution in [3.8, 4) is 5.75 Å². The molecule has 2 aromatic rings. The van der Waals surface area contributed by atoms with E-state index >= 15 is 0 Å². The van der Waals surface area contributed by atoms with Gasteiger partial charge in [0, 0.05) is 11.8 Å². The molecule has 0 radical (unpaired) electrons. The molecule has 116 valence electrons. The Morgan fingerprint density at radius 3 is 2.73 bits per heavy atom. The van der Waals surface area contributed by atoms with Crippen LogP contribution >= 0.6 is 11.6 Å². The number of anilines is 2. The summed E-state index contributed by atoms with van der Waals surface area (Å²) in [6, 6.07) is 10.6. The lowest BCUT2D eigenvalue weighted by molar-refractivity contribution is -0.116. The highest BCUT2D eigenvalue weighted by molar-refractivity contribution is 6.33. The first-order valence-corrected chi connectivity index (χ1v) is 7.04. The van der Waals surface area contributed by atoms with Crippen molar-refractivity contribution in [1.29, 1.82) is 0 Å². The van der Waals surface area contributed by atoms with Gasteiger partial charge in [-0.25, -0.2) is 4.39 Å². The van der Waals surface area contributed by atoms with Crippen LogP contribution in [0.2, 0.25) is 5.02 Å². The van der Waals surface area contributed by atoms with Gasteiger partial charge >= 0.3 is 0 Å². The maximum Gasteiger partial charge on any atom is 0.246 e. The first-order valence-electron chi connectivity index (χ1n) is 6.66. The Morgan fingerprint density at radius 1 is 1.27 bits per heavy atom. The van der Waals surface area contributed by atoms with Crippen molar-refractivity contribution in [2.75, 3.05) is 17.7 Å². The lowest BCUT2D eigenvalue weighted by atomic mass is 10.2. The number of nitrogens with one attached hydrogen (secondary N) is 2. The summed E-state index contributed by atoms with van der Waals surface area (Å²) in [6.07, 6.45) is 0. The number of hydrogen-bond donors (Lipinski definition) is 2. The number of carbonyl (C=O) groups is 1. The van der Waals surface area contributed by atoms with Gasteiger partial charge < -0.3 is 15.4 Å². The van der Waals surface area contributed by atoms with E-state index in [1.54, 1.807) is 20.1 Å². The fourth-order valence-corrected chi connectivity index (χ4v) is 2.07. The molecule has 0 aliphatic heterocycles. The molecule has 0 bridgehead atoms. The minimum Gasteiger partial charge on any atom is -0.497 e. The lowest BCUT2D eigenvalue weighted by Crippen LogP contribution is -2.31. The SMILES string of the molecule is COc1cccc(N[C@@H](C)C(=O)Nc2ccc(F)cc2Cl)c1. The van der Waals surface area contributed by atoms with Crippen LogP contribution in [0.4, 0.5) is 15.8 Å². The quantitative estimate of drug-likeness (QED) is 0.877. The van der Waals surface area contributed by atoms with Crippen molar-refractivity contribution in [1.82, 2.24) is 0 Å². The molecule has 0 saturated heterocycles. The van der Waals surface area contributed by atoms with Crippen LogP contribution in [-0.4, -0.2) is 19.1 Å². The van der Waals surface area contributed by atoms with Gasteiger partial charge in [0.1, 0.15) is 17.6 Å². The molecule has 0 spiro atoms. The Morgan fingerprint density at radius 2 is 2.05 bits per heavy atom. The smallest absolute Gasteiger partial charge is 0.246 e. The summed E-state index contributed by atoms with van der Waals surface area (Å²) < 4.78 is 18.1. The number of halogens is 2. The Hall–Kier alpha value is -2.27. The second kappa shape index (κ2) is 7.13. The van der Waals surface area contributed by atoms with Gasteiger partial charge in [0.2, 0.25) is 5.91 Å². The molecule has 0 aromatic heterocycles. The number of benzene rings is 2. The summed E-state index contributed by atoms with van der Waals surface area (Å²) in [6.45, 7) is 1.71. The van der Waals surface area contributed by atoms with E-state index in [0.717, 1.165) is 11.8 Å². The Labute approximate surface area is 133 Å². The van der Waals surface area contributed by atoms with Gasteiger partial charge in [0.15, 0.2) is 0 Å². The maximum absolute atomic E-state index is 13.0. The third-order valence-electron chi connectivity index (χ3n) is 3.04. The summed E-state index contributed by atoms with van der Waals surface area (Å²) in [4.78, 5) is 12.2. The third kappa shape index (κ3) is 4.11. The molecule has 0 unspecified atom stereocenters. The molecule has 2 aromatic carbocycles. The van der Waals surface area contributed by atoms with Crippen LogP contribution < -0.4 is 15.4 Å². The third-order valence-corrected chi connectivity index (χ3v) is 3.35. The number of rotatable bonds is 5. The molecule has 6 heteroatoms. The largest absolute Gasteiger partial charge is 0.497 e. The Bertz CT molecular complexity index is 679. The fourth-order valence-electron chi connectivity index (χ4n) is 1.86. The van der Waals surface area contributed by atoms with Crippen molar-refractivity contribution < 1.29 is 13.9 Å². The van der Waals surface area contributed by atoms with Crippen molar-refractivity contribution in [2.24, 2.45) is 0 Å². The lowest BCUT2D eigenvalue weighted by Gasteiger charge is -2.16. The van der Waals surface area contributed by atoms with Gasteiger partial charge in [-0.05, 0) is 37.3 Å². The minimum absolute atomic E-state index is 0.155. The minimum atomic E-state index is -0.506. The molecule has 2 rings (SSSR count). The zero-order chi connectivity index (χ0) is 16.1. The normalized spacial score (nSPS) is 11.6. The molecule has 2 N–H and O–H groups in total.